The smallest absolute Gasteiger partial charge is 0.399 e. The molecule has 0 N–H and O–H groups in total. The van der Waals surface area contributed by atoms with E-state index in [1.54, 1.807) is 20.4 Å². The van der Waals surface area contributed by atoms with Crippen LogP contribution in [0.3, 0.4) is 0 Å². The van der Waals surface area contributed by atoms with Gasteiger partial charge in [-0.1, -0.05) is 0 Å². The second-order valence-corrected chi connectivity index (χ2v) is 6.41. The Morgan fingerprint density at radius 1 is 1.14 bits per heavy atom. The summed E-state index contributed by atoms with van der Waals surface area (Å²) in [6.45, 7) is 9.23. The maximum Gasteiger partial charge on any atom is 0.498 e. The molecule has 0 aromatic carbocycles. The highest BCUT2D eigenvalue weighted by molar-refractivity contribution is 6.61. The average molecular weight is 296 g/mol. The van der Waals surface area contributed by atoms with Crippen molar-refractivity contribution in [1.82, 2.24) is 9.78 Å². The van der Waals surface area contributed by atoms with Crippen molar-refractivity contribution in [2.75, 3.05) is 27.4 Å². The Balaban J connectivity index is 2.13. The number of hydrogen-bond acceptors (Lipinski definition) is 5. The molecule has 0 bridgehead atoms. The molecule has 1 aliphatic heterocycles. The lowest BCUT2D eigenvalue weighted by Crippen LogP contribution is -2.41. The predicted molar refractivity (Wildman–Crippen MR) is 80.7 cm³/mol. The minimum absolute atomic E-state index is 0.0381. The topological polar surface area (TPSA) is 54.7 Å². The second kappa shape index (κ2) is 6.08. The molecule has 2 rings (SSSR count). The summed E-state index contributed by atoms with van der Waals surface area (Å²) in [6.07, 6.45) is 3.71. The van der Waals surface area contributed by atoms with Gasteiger partial charge in [-0.25, -0.2) is 0 Å². The number of ether oxygens (including phenoxy) is 2. The monoisotopic (exact) mass is 296 g/mol. The van der Waals surface area contributed by atoms with Crippen molar-refractivity contribution in [3.8, 4) is 0 Å². The molecule has 1 aromatic rings. The Bertz CT molecular complexity index is 453. The van der Waals surface area contributed by atoms with E-state index in [1.165, 1.54) is 0 Å². The quantitative estimate of drug-likeness (QED) is 0.734. The predicted octanol–water partition coefficient (Wildman–Crippen LogP) is 1.02. The van der Waals surface area contributed by atoms with Crippen LogP contribution in [0.2, 0.25) is 0 Å². The first kappa shape index (κ1) is 16.5. The zero-order valence-electron chi connectivity index (χ0n) is 13.8. The Morgan fingerprint density at radius 2 is 1.67 bits per heavy atom. The normalized spacial score (nSPS) is 20.4. The minimum Gasteiger partial charge on any atom is -0.399 e. The number of methoxy groups -OCH3 is 2. The molecule has 0 saturated carbocycles. The summed E-state index contributed by atoms with van der Waals surface area (Å²) in [6, 6.07) is 0.0381. The van der Waals surface area contributed by atoms with Crippen molar-refractivity contribution >= 4 is 12.6 Å². The third-order valence-corrected chi connectivity index (χ3v) is 4.24. The van der Waals surface area contributed by atoms with Crippen LogP contribution in [0.5, 0.6) is 0 Å². The maximum atomic E-state index is 6.03. The summed E-state index contributed by atoms with van der Waals surface area (Å²) in [7, 11) is 2.94. The largest absolute Gasteiger partial charge is 0.498 e. The highest BCUT2D eigenvalue weighted by Crippen LogP contribution is 2.36. The lowest BCUT2D eigenvalue weighted by atomic mass is 9.82. The van der Waals surface area contributed by atoms with E-state index in [1.807, 2.05) is 38.6 Å². The summed E-state index contributed by atoms with van der Waals surface area (Å²) in [5, 5.41) is 4.39. The van der Waals surface area contributed by atoms with Gasteiger partial charge in [0.2, 0.25) is 0 Å². The van der Waals surface area contributed by atoms with Crippen molar-refractivity contribution in [3.63, 3.8) is 0 Å². The lowest BCUT2D eigenvalue weighted by Gasteiger charge is -2.32. The van der Waals surface area contributed by atoms with Crippen LogP contribution < -0.4 is 5.46 Å². The van der Waals surface area contributed by atoms with Gasteiger partial charge >= 0.3 is 7.12 Å². The van der Waals surface area contributed by atoms with Crippen molar-refractivity contribution in [3.05, 3.63) is 12.4 Å². The maximum absolute atomic E-state index is 6.03. The van der Waals surface area contributed by atoms with Gasteiger partial charge in [0.05, 0.1) is 30.5 Å². The molecule has 118 valence electrons. The Labute approximate surface area is 126 Å². The van der Waals surface area contributed by atoms with Gasteiger partial charge in [-0.3, -0.25) is 4.68 Å². The Morgan fingerprint density at radius 3 is 2.14 bits per heavy atom. The van der Waals surface area contributed by atoms with Crippen LogP contribution in [0.15, 0.2) is 12.4 Å². The van der Waals surface area contributed by atoms with E-state index in [2.05, 4.69) is 5.10 Å². The van der Waals surface area contributed by atoms with Gasteiger partial charge in [0.15, 0.2) is 0 Å². The van der Waals surface area contributed by atoms with Gasteiger partial charge in [0, 0.05) is 32.1 Å². The van der Waals surface area contributed by atoms with E-state index >= 15 is 0 Å². The number of hydrogen-bond donors (Lipinski definition) is 0. The van der Waals surface area contributed by atoms with E-state index in [-0.39, 0.29) is 17.2 Å². The fourth-order valence-corrected chi connectivity index (χ4v) is 2.24. The van der Waals surface area contributed by atoms with Crippen LogP contribution in [0.4, 0.5) is 0 Å². The molecule has 21 heavy (non-hydrogen) atoms. The van der Waals surface area contributed by atoms with Crippen LogP contribution in [0, 0.1) is 0 Å². The molecule has 0 radical (unpaired) electrons. The molecule has 1 saturated heterocycles. The standard InChI is InChI=1S/C14H25BN2O4/c1-13(2)14(3,4)21-15(20-13)11-7-16-17(8-11)12(9-18-5)10-19-6/h7-8,12H,9-10H2,1-6H3. The van der Waals surface area contributed by atoms with Crippen molar-refractivity contribution < 1.29 is 18.8 Å². The van der Waals surface area contributed by atoms with Gasteiger partial charge in [-0.2, -0.15) is 5.10 Å². The molecule has 0 amide bonds. The van der Waals surface area contributed by atoms with Crippen molar-refractivity contribution in [1.29, 1.82) is 0 Å². The first-order chi connectivity index (χ1) is 9.80. The first-order valence-electron chi connectivity index (χ1n) is 7.18. The van der Waals surface area contributed by atoms with Crippen LogP contribution in [-0.4, -0.2) is 55.5 Å². The van der Waals surface area contributed by atoms with Crippen LogP contribution in [0.25, 0.3) is 0 Å². The van der Waals surface area contributed by atoms with Crippen LogP contribution >= 0.6 is 0 Å². The van der Waals surface area contributed by atoms with E-state index in [0.717, 1.165) is 5.46 Å². The number of rotatable bonds is 6. The molecule has 6 nitrogen and oxygen atoms in total. The fraction of sp³-hybridized carbons (Fsp3) is 0.786. The van der Waals surface area contributed by atoms with E-state index < -0.39 is 7.12 Å². The van der Waals surface area contributed by atoms with Crippen molar-refractivity contribution in [2.24, 2.45) is 0 Å². The summed E-state index contributed by atoms with van der Waals surface area (Å²) in [4.78, 5) is 0. The first-order valence-corrected chi connectivity index (χ1v) is 7.18. The second-order valence-electron chi connectivity index (χ2n) is 6.41. The fourth-order valence-electron chi connectivity index (χ4n) is 2.24. The third-order valence-electron chi connectivity index (χ3n) is 4.24. The third kappa shape index (κ3) is 3.31. The zero-order valence-corrected chi connectivity index (χ0v) is 13.8. The summed E-state index contributed by atoms with van der Waals surface area (Å²) in [5.74, 6) is 0. The Hall–Kier alpha value is -0.885. The SMILES string of the molecule is COCC(COC)n1cc(B2OC(C)(C)C(C)(C)O2)cn1. The molecule has 2 heterocycles. The summed E-state index contributed by atoms with van der Waals surface area (Å²) in [5.41, 5.74) is 0.210. The summed E-state index contributed by atoms with van der Waals surface area (Å²) < 4.78 is 24.3. The minimum atomic E-state index is -0.394. The van der Waals surface area contributed by atoms with Gasteiger partial charge in [0.1, 0.15) is 0 Å². The van der Waals surface area contributed by atoms with E-state index in [0.29, 0.717) is 13.2 Å². The molecular formula is C14H25BN2O4. The number of aromatic nitrogens is 2. The van der Waals surface area contributed by atoms with Crippen LogP contribution in [-0.2, 0) is 18.8 Å². The van der Waals surface area contributed by atoms with Gasteiger partial charge in [-0.05, 0) is 27.7 Å². The van der Waals surface area contributed by atoms with Crippen LogP contribution in [0.1, 0.15) is 33.7 Å². The molecule has 0 atom stereocenters. The Kier molecular flexibility index (Phi) is 4.77. The molecule has 0 unspecified atom stereocenters. The van der Waals surface area contributed by atoms with Crippen molar-refractivity contribution in [2.45, 2.75) is 44.9 Å². The molecule has 0 spiro atoms. The van der Waals surface area contributed by atoms with Gasteiger partial charge in [-0.15, -0.1) is 0 Å². The van der Waals surface area contributed by atoms with Gasteiger partial charge < -0.3 is 18.8 Å². The van der Waals surface area contributed by atoms with Gasteiger partial charge in [0.25, 0.3) is 0 Å². The summed E-state index contributed by atoms with van der Waals surface area (Å²) >= 11 is 0. The van der Waals surface area contributed by atoms with E-state index in [4.69, 9.17) is 18.8 Å². The molecular weight excluding hydrogens is 271 g/mol. The molecule has 7 heteroatoms. The molecule has 0 aliphatic carbocycles. The lowest BCUT2D eigenvalue weighted by molar-refractivity contribution is 0.00578. The van der Waals surface area contributed by atoms with E-state index in [9.17, 15) is 0 Å². The highest BCUT2D eigenvalue weighted by atomic mass is 16.7. The average Bonchev–Trinajstić information content (AvgIpc) is 2.93. The molecule has 1 fully saturated rings. The zero-order chi connectivity index (χ0) is 15.7. The molecule has 1 aliphatic rings. The highest BCUT2D eigenvalue weighted by Gasteiger charge is 2.52. The molecule has 1 aromatic heterocycles. The number of nitrogens with zero attached hydrogens (tertiary/aromatic N) is 2.